The van der Waals surface area contributed by atoms with Crippen molar-refractivity contribution >= 4 is 5.91 Å². The summed E-state index contributed by atoms with van der Waals surface area (Å²) >= 11 is 0. The lowest BCUT2D eigenvalue weighted by molar-refractivity contribution is 0.0480. The third-order valence-electron chi connectivity index (χ3n) is 5.03. The molecule has 1 aromatic carbocycles. The molecule has 1 N–H and O–H groups in total. The maximum absolute atomic E-state index is 13.3. The Morgan fingerprint density at radius 3 is 2.72 bits per heavy atom. The van der Waals surface area contributed by atoms with Crippen molar-refractivity contribution in [3.8, 4) is 0 Å². The van der Waals surface area contributed by atoms with Gasteiger partial charge in [-0.05, 0) is 30.7 Å². The van der Waals surface area contributed by atoms with E-state index in [0.29, 0.717) is 12.1 Å². The van der Waals surface area contributed by atoms with E-state index >= 15 is 0 Å². The lowest BCUT2D eigenvalue weighted by Crippen LogP contribution is -2.45. The predicted octanol–water partition coefficient (Wildman–Crippen LogP) is 2.88. The standard InChI is InChI=1S/C20H27N3O2/c1-15(2)19(14-24)22(13-16-8-4-3-5-9-16)20(25)17-12-21-23-11-7-6-10-18(17)23/h3-5,8-9,12,15,19,24H,6-7,10-11,13-14H2,1-2H3. The van der Waals surface area contributed by atoms with Crippen LogP contribution in [0.5, 0.6) is 0 Å². The number of benzene rings is 1. The van der Waals surface area contributed by atoms with Crippen molar-refractivity contribution in [2.75, 3.05) is 6.61 Å². The van der Waals surface area contributed by atoms with Crippen molar-refractivity contribution in [1.29, 1.82) is 0 Å². The molecule has 2 heterocycles. The summed E-state index contributed by atoms with van der Waals surface area (Å²) in [5.41, 5.74) is 2.79. The fraction of sp³-hybridized carbons (Fsp3) is 0.500. The lowest BCUT2D eigenvalue weighted by Gasteiger charge is -2.33. The molecule has 0 fully saturated rings. The number of aryl methyl sites for hydroxylation is 1. The maximum Gasteiger partial charge on any atom is 0.257 e. The molecule has 5 nitrogen and oxygen atoms in total. The van der Waals surface area contributed by atoms with Crippen molar-refractivity contribution in [2.24, 2.45) is 5.92 Å². The van der Waals surface area contributed by atoms with Crippen molar-refractivity contribution in [2.45, 2.75) is 52.2 Å². The quantitative estimate of drug-likeness (QED) is 0.879. The highest BCUT2D eigenvalue weighted by atomic mass is 16.3. The number of nitrogens with zero attached hydrogens (tertiary/aromatic N) is 3. The van der Waals surface area contributed by atoms with Crippen molar-refractivity contribution < 1.29 is 9.90 Å². The number of amides is 1. The lowest BCUT2D eigenvalue weighted by atomic mass is 10.00. The highest BCUT2D eigenvalue weighted by Crippen LogP contribution is 2.23. The first-order chi connectivity index (χ1) is 12.1. The van der Waals surface area contributed by atoms with Crippen LogP contribution in [0.25, 0.3) is 0 Å². The predicted molar refractivity (Wildman–Crippen MR) is 97.2 cm³/mol. The van der Waals surface area contributed by atoms with E-state index in [-0.39, 0.29) is 24.5 Å². The van der Waals surface area contributed by atoms with Gasteiger partial charge in [0.2, 0.25) is 0 Å². The SMILES string of the molecule is CC(C)C(CO)N(Cc1ccccc1)C(=O)c1cnn2c1CCCC2. The normalized spacial score (nSPS) is 15.0. The Labute approximate surface area is 149 Å². The monoisotopic (exact) mass is 341 g/mol. The second-order valence-corrected chi connectivity index (χ2v) is 7.10. The van der Waals surface area contributed by atoms with E-state index in [0.717, 1.165) is 37.1 Å². The van der Waals surface area contributed by atoms with Crippen LogP contribution in [0.1, 0.15) is 48.3 Å². The summed E-state index contributed by atoms with van der Waals surface area (Å²) in [6, 6.07) is 9.74. The van der Waals surface area contributed by atoms with Gasteiger partial charge in [-0.1, -0.05) is 44.2 Å². The number of hydrogen-bond acceptors (Lipinski definition) is 3. The van der Waals surface area contributed by atoms with Gasteiger partial charge in [-0.3, -0.25) is 9.48 Å². The fourth-order valence-electron chi connectivity index (χ4n) is 3.54. The molecule has 0 aliphatic carbocycles. The number of fused-ring (bicyclic) bond motifs is 1. The molecule has 5 heteroatoms. The van der Waals surface area contributed by atoms with E-state index in [9.17, 15) is 9.90 Å². The minimum atomic E-state index is -0.216. The van der Waals surface area contributed by atoms with Gasteiger partial charge < -0.3 is 10.0 Å². The van der Waals surface area contributed by atoms with E-state index in [1.54, 1.807) is 6.20 Å². The zero-order chi connectivity index (χ0) is 17.8. The largest absolute Gasteiger partial charge is 0.394 e. The first kappa shape index (κ1) is 17.7. The molecule has 1 unspecified atom stereocenters. The topological polar surface area (TPSA) is 58.4 Å². The second kappa shape index (κ2) is 7.83. The summed E-state index contributed by atoms with van der Waals surface area (Å²) in [5.74, 6) is 0.142. The van der Waals surface area contributed by atoms with Crippen LogP contribution in [0.3, 0.4) is 0 Å². The fourth-order valence-corrected chi connectivity index (χ4v) is 3.54. The highest BCUT2D eigenvalue weighted by Gasteiger charge is 2.30. The van der Waals surface area contributed by atoms with E-state index < -0.39 is 0 Å². The number of carbonyl (C=O) groups is 1. The second-order valence-electron chi connectivity index (χ2n) is 7.10. The Bertz CT molecular complexity index is 709. The van der Waals surface area contributed by atoms with E-state index in [2.05, 4.69) is 5.10 Å². The average Bonchev–Trinajstić information content (AvgIpc) is 3.05. The Morgan fingerprint density at radius 2 is 2.04 bits per heavy atom. The van der Waals surface area contributed by atoms with Gasteiger partial charge in [-0.2, -0.15) is 5.10 Å². The van der Waals surface area contributed by atoms with Crippen LogP contribution < -0.4 is 0 Å². The summed E-state index contributed by atoms with van der Waals surface area (Å²) in [7, 11) is 0. The minimum absolute atomic E-state index is 0.0280. The van der Waals surface area contributed by atoms with Gasteiger partial charge in [0.15, 0.2) is 0 Å². The van der Waals surface area contributed by atoms with Crippen molar-refractivity contribution in [3.63, 3.8) is 0 Å². The van der Waals surface area contributed by atoms with Crippen LogP contribution in [-0.2, 0) is 19.5 Å². The summed E-state index contributed by atoms with van der Waals surface area (Å²) < 4.78 is 1.96. The van der Waals surface area contributed by atoms with Gasteiger partial charge in [0, 0.05) is 13.1 Å². The average molecular weight is 341 g/mol. The highest BCUT2D eigenvalue weighted by molar-refractivity contribution is 5.95. The molecule has 0 saturated carbocycles. The Balaban J connectivity index is 1.92. The molecule has 1 aliphatic heterocycles. The summed E-state index contributed by atoms with van der Waals surface area (Å²) in [6.45, 7) is 5.42. The van der Waals surface area contributed by atoms with Crippen molar-refractivity contribution in [1.82, 2.24) is 14.7 Å². The summed E-state index contributed by atoms with van der Waals surface area (Å²) in [5, 5.41) is 14.3. The zero-order valence-electron chi connectivity index (χ0n) is 15.1. The Morgan fingerprint density at radius 1 is 1.28 bits per heavy atom. The van der Waals surface area contributed by atoms with E-state index in [1.807, 2.05) is 53.8 Å². The van der Waals surface area contributed by atoms with Crippen molar-refractivity contribution in [3.05, 3.63) is 53.3 Å². The number of hydrogen-bond donors (Lipinski definition) is 1. The van der Waals surface area contributed by atoms with Gasteiger partial charge >= 0.3 is 0 Å². The van der Waals surface area contributed by atoms with Gasteiger partial charge in [-0.25, -0.2) is 0 Å². The van der Waals surface area contributed by atoms with Crippen LogP contribution in [0.15, 0.2) is 36.5 Å². The molecule has 1 aliphatic rings. The first-order valence-electron chi connectivity index (χ1n) is 9.12. The number of rotatable bonds is 6. The third kappa shape index (κ3) is 3.76. The third-order valence-corrected chi connectivity index (χ3v) is 5.03. The zero-order valence-corrected chi connectivity index (χ0v) is 15.1. The smallest absolute Gasteiger partial charge is 0.257 e. The molecular formula is C20H27N3O2. The molecule has 0 saturated heterocycles. The number of carbonyl (C=O) groups excluding carboxylic acids is 1. The van der Waals surface area contributed by atoms with Crippen LogP contribution in [-0.4, -0.2) is 38.3 Å². The molecule has 1 aromatic heterocycles. The Hall–Kier alpha value is -2.14. The van der Waals surface area contributed by atoms with Gasteiger partial charge in [0.25, 0.3) is 5.91 Å². The summed E-state index contributed by atoms with van der Waals surface area (Å²) in [4.78, 5) is 15.2. The molecule has 0 spiro atoms. The van der Waals surface area contributed by atoms with E-state index in [1.165, 1.54) is 0 Å². The van der Waals surface area contributed by atoms with Crippen LogP contribution in [0.4, 0.5) is 0 Å². The van der Waals surface area contributed by atoms with Gasteiger partial charge in [0.05, 0.1) is 30.1 Å². The van der Waals surface area contributed by atoms with Crippen LogP contribution >= 0.6 is 0 Å². The van der Waals surface area contributed by atoms with Crippen LogP contribution in [0.2, 0.25) is 0 Å². The molecule has 0 radical (unpaired) electrons. The van der Waals surface area contributed by atoms with Gasteiger partial charge in [0.1, 0.15) is 0 Å². The maximum atomic E-state index is 13.3. The number of aliphatic hydroxyl groups excluding tert-OH is 1. The molecule has 1 amide bonds. The van der Waals surface area contributed by atoms with E-state index in [4.69, 9.17) is 0 Å². The number of aliphatic hydroxyl groups is 1. The number of aromatic nitrogens is 2. The molecule has 0 bridgehead atoms. The molecule has 25 heavy (non-hydrogen) atoms. The Kier molecular flexibility index (Phi) is 5.53. The molecule has 2 aromatic rings. The summed E-state index contributed by atoms with van der Waals surface area (Å²) in [6.07, 6.45) is 4.81. The molecule has 134 valence electrons. The molecule has 3 rings (SSSR count). The minimum Gasteiger partial charge on any atom is -0.394 e. The van der Waals surface area contributed by atoms with Crippen LogP contribution in [0, 0.1) is 5.92 Å². The first-order valence-corrected chi connectivity index (χ1v) is 9.12. The molecular weight excluding hydrogens is 314 g/mol. The van der Waals surface area contributed by atoms with Gasteiger partial charge in [-0.15, -0.1) is 0 Å². The molecule has 1 atom stereocenters.